The number of hydrogen-bond acceptors (Lipinski definition) is 3. The van der Waals surface area contributed by atoms with Crippen molar-refractivity contribution in [1.82, 2.24) is 0 Å². The predicted molar refractivity (Wildman–Crippen MR) is 65.9 cm³/mol. The van der Waals surface area contributed by atoms with E-state index in [2.05, 4.69) is 0 Å². The van der Waals surface area contributed by atoms with Crippen molar-refractivity contribution in [3.8, 4) is 0 Å². The van der Waals surface area contributed by atoms with Gasteiger partial charge in [0.05, 0.1) is 6.61 Å². The molecule has 0 fully saturated rings. The molecule has 18 heavy (non-hydrogen) atoms. The first kappa shape index (κ1) is 14.6. The predicted octanol–water partition coefficient (Wildman–Crippen LogP) is 2.79. The van der Waals surface area contributed by atoms with E-state index < -0.39 is 17.7 Å². The van der Waals surface area contributed by atoms with Crippen molar-refractivity contribution in [2.45, 2.75) is 20.3 Å². The van der Waals surface area contributed by atoms with Gasteiger partial charge in [0.2, 0.25) is 0 Å². The van der Waals surface area contributed by atoms with Gasteiger partial charge in [0.25, 0.3) is 0 Å². The van der Waals surface area contributed by atoms with E-state index in [1.165, 1.54) is 25.1 Å². The molecule has 0 amide bonds. The first-order valence-corrected chi connectivity index (χ1v) is 5.95. The topological polar surface area (TPSA) is 43.4 Å². The lowest BCUT2D eigenvalue weighted by Gasteiger charge is -2.13. The molecule has 3 nitrogen and oxygen atoms in total. The Morgan fingerprint density at radius 2 is 2.11 bits per heavy atom. The highest BCUT2D eigenvalue weighted by Gasteiger charge is 2.27. The Kier molecular flexibility index (Phi) is 5.28. The maximum Gasteiger partial charge on any atom is 0.316 e. The van der Waals surface area contributed by atoms with Crippen LogP contribution in [0.25, 0.3) is 0 Å². The molecule has 0 aliphatic rings. The Morgan fingerprint density at radius 3 is 2.61 bits per heavy atom. The molecule has 0 aliphatic carbocycles. The van der Waals surface area contributed by atoms with Gasteiger partial charge in [0, 0.05) is 10.6 Å². The number of halogens is 2. The summed E-state index contributed by atoms with van der Waals surface area (Å²) in [5, 5.41) is 0.200. The summed E-state index contributed by atoms with van der Waals surface area (Å²) in [6.07, 6.45) is -0.0837. The van der Waals surface area contributed by atoms with Gasteiger partial charge in [-0.2, -0.15) is 0 Å². The number of rotatable bonds is 5. The third-order valence-corrected chi connectivity index (χ3v) is 2.89. The first-order chi connectivity index (χ1) is 8.47. The minimum Gasteiger partial charge on any atom is -0.465 e. The minimum atomic E-state index is -1.01. The molecule has 1 atom stereocenters. The molecule has 0 aliphatic heterocycles. The Labute approximate surface area is 110 Å². The zero-order valence-corrected chi connectivity index (χ0v) is 11.0. The van der Waals surface area contributed by atoms with Crippen LogP contribution in [0, 0.1) is 11.7 Å². The lowest BCUT2D eigenvalue weighted by Crippen LogP contribution is -2.27. The molecule has 1 rings (SSSR count). The van der Waals surface area contributed by atoms with Crippen LogP contribution in [0.5, 0.6) is 0 Å². The first-order valence-electron chi connectivity index (χ1n) is 5.57. The second-order valence-electron chi connectivity index (χ2n) is 3.82. The number of ketones is 1. The van der Waals surface area contributed by atoms with Gasteiger partial charge in [0.1, 0.15) is 17.5 Å². The Balaban J connectivity index is 2.97. The van der Waals surface area contributed by atoms with Gasteiger partial charge < -0.3 is 4.74 Å². The van der Waals surface area contributed by atoms with Crippen LogP contribution in [0.3, 0.4) is 0 Å². The van der Waals surface area contributed by atoms with Gasteiger partial charge in [0.15, 0.2) is 0 Å². The molecule has 1 aromatic carbocycles. The highest BCUT2D eigenvalue weighted by molar-refractivity contribution is 6.31. The molecular weight excluding hydrogens is 259 g/mol. The number of carbonyl (C=O) groups excluding carboxylic acids is 2. The van der Waals surface area contributed by atoms with Crippen LogP contribution in [-0.4, -0.2) is 18.4 Å². The normalized spacial score (nSPS) is 12.0. The summed E-state index contributed by atoms with van der Waals surface area (Å²) in [7, 11) is 0. The number of carbonyl (C=O) groups is 2. The Bertz CT molecular complexity index is 439. The average molecular weight is 273 g/mol. The van der Waals surface area contributed by atoms with Gasteiger partial charge in [-0.1, -0.05) is 17.7 Å². The van der Waals surface area contributed by atoms with Gasteiger partial charge in [-0.15, -0.1) is 0 Å². The number of ether oxygens (including phenoxy) is 1. The Hall–Kier alpha value is -1.42. The minimum absolute atomic E-state index is 0.0837. The van der Waals surface area contributed by atoms with E-state index >= 15 is 0 Å². The summed E-state index contributed by atoms with van der Waals surface area (Å²) in [6, 6.07) is 4.22. The van der Waals surface area contributed by atoms with E-state index in [1.54, 1.807) is 6.92 Å². The molecule has 0 spiro atoms. The molecule has 0 saturated heterocycles. The van der Waals surface area contributed by atoms with Crippen molar-refractivity contribution in [1.29, 1.82) is 0 Å². The number of hydrogen-bond donors (Lipinski definition) is 0. The third-order valence-electron chi connectivity index (χ3n) is 2.53. The van der Waals surface area contributed by atoms with Crippen molar-refractivity contribution in [3.05, 3.63) is 34.6 Å². The zero-order valence-electron chi connectivity index (χ0n) is 10.2. The molecule has 98 valence electrons. The van der Waals surface area contributed by atoms with Crippen LogP contribution >= 0.6 is 11.6 Å². The smallest absolute Gasteiger partial charge is 0.316 e. The van der Waals surface area contributed by atoms with Crippen LogP contribution in [0.2, 0.25) is 5.02 Å². The van der Waals surface area contributed by atoms with E-state index in [9.17, 15) is 14.0 Å². The van der Waals surface area contributed by atoms with Crippen molar-refractivity contribution < 1.29 is 18.7 Å². The molecule has 5 heteroatoms. The van der Waals surface area contributed by atoms with Gasteiger partial charge in [-0.25, -0.2) is 4.39 Å². The lowest BCUT2D eigenvalue weighted by atomic mass is 9.95. The summed E-state index contributed by atoms with van der Waals surface area (Å²) in [5.41, 5.74) is 0.160. The van der Waals surface area contributed by atoms with Gasteiger partial charge in [-0.05, 0) is 32.4 Å². The molecule has 0 heterocycles. The second kappa shape index (κ2) is 6.50. The SMILES string of the molecule is CCOC(=O)[C@@H](Cc1c(F)cccc1Cl)C(C)=O. The highest BCUT2D eigenvalue weighted by atomic mass is 35.5. The van der Waals surface area contributed by atoms with E-state index in [-0.39, 0.29) is 29.4 Å². The Morgan fingerprint density at radius 1 is 1.44 bits per heavy atom. The summed E-state index contributed by atoms with van der Waals surface area (Å²) < 4.78 is 18.4. The van der Waals surface area contributed by atoms with Crippen LogP contribution in [-0.2, 0) is 20.7 Å². The molecule has 0 bridgehead atoms. The summed E-state index contributed by atoms with van der Waals surface area (Å²) in [5.74, 6) is -2.56. The van der Waals surface area contributed by atoms with E-state index in [0.29, 0.717) is 0 Å². The fourth-order valence-corrected chi connectivity index (χ4v) is 1.81. The number of benzene rings is 1. The van der Waals surface area contributed by atoms with Crippen molar-refractivity contribution in [3.63, 3.8) is 0 Å². The number of Topliss-reactive ketones (excluding diaryl/α,β-unsaturated/α-hetero) is 1. The summed E-state index contributed by atoms with van der Waals surface area (Å²) >= 11 is 5.86. The van der Waals surface area contributed by atoms with E-state index in [4.69, 9.17) is 16.3 Å². The fraction of sp³-hybridized carbons (Fsp3) is 0.385. The van der Waals surface area contributed by atoms with Crippen molar-refractivity contribution >= 4 is 23.4 Å². The highest BCUT2D eigenvalue weighted by Crippen LogP contribution is 2.23. The zero-order chi connectivity index (χ0) is 13.7. The monoisotopic (exact) mass is 272 g/mol. The number of esters is 1. The molecule has 0 aromatic heterocycles. The summed E-state index contributed by atoms with van der Waals surface area (Å²) in [6.45, 7) is 3.09. The van der Waals surface area contributed by atoms with E-state index in [0.717, 1.165) is 0 Å². The van der Waals surface area contributed by atoms with Gasteiger partial charge >= 0.3 is 5.97 Å². The molecule has 0 saturated carbocycles. The maximum absolute atomic E-state index is 13.6. The van der Waals surface area contributed by atoms with Crippen LogP contribution in [0.15, 0.2) is 18.2 Å². The van der Waals surface area contributed by atoms with E-state index in [1.807, 2.05) is 0 Å². The fourth-order valence-electron chi connectivity index (χ4n) is 1.57. The van der Waals surface area contributed by atoms with Crippen LogP contribution in [0.4, 0.5) is 4.39 Å². The standard InChI is InChI=1S/C13H14ClFO3/c1-3-18-13(17)9(8(2)16)7-10-11(14)5-4-6-12(10)15/h4-6,9H,3,7H2,1-2H3/t9-/m0/s1. The summed E-state index contributed by atoms with van der Waals surface area (Å²) in [4.78, 5) is 23.0. The maximum atomic E-state index is 13.6. The molecule has 0 radical (unpaired) electrons. The third kappa shape index (κ3) is 3.53. The average Bonchev–Trinajstić information content (AvgIpc) is 2.28. The molecular formula is C13H14ClFO3. The molecule has 1 aromatic rings. The quantitative estimate of drug-likeness (QED) is 0.611. The molecule has 0 N–H and O–H groups in total. The van der Waals surface area contributed by atoms with Crippen molar-refractivity contribution in [2.24, 2.45) is 5.92 Å². The van der Waals surface area contributed by atoms with Crippen LogP contribution < -0.4 is 0 Å². The lowest BCUT2D eigenvalue weighted by molar-refractivity contribution is -0.151. The molecule has 0 unspecified atom stereocenters. The van der Waals surface area contributed by atoms with Crippen LogP contribution in [0.1, 0.15) is 19.4 Å². The van der Waals surface area contributed by atoms with Gasteiger partial charge in [-0.3, -0.25) is 9.59 Å². The second-order valence-corrected chi connectivity index (χ2v) is 4.23. The largest absolute Gasteiger partial charge is 0.465 e. The van der Waals surface area contributed by atoms with Crippen molar-refractivity contribution in [2.75, 3.05) is 6.61 Å².